The number of rotatable bonds is 3. The lowest BCUT2D eigenvalue weighted by molar-refractivity contribution is 0.0740. The van der Waals surface area contributed by atoms with Gasteiger partial charge >= 0.3 is 0 Å². The quantitative estimate of drug-likeness (QED) is 0.807. The SMILES string of the molecule is CC(c1ccccc1F)N(C)C(=O)c1ccc(F)nc1. The molecule has 0 radical (unpaired) electrons. The molecule has 0 aliphatic heterocycles. The molecule has 0 bridgehead atoms. The lowest BCUT2D eigenvalue weighted by Crippen LogP contribution is -2.30. The molecule has 0 N–H and O–H groups in total. The standard InChI is InChI=1S/C15H14F2N2O/c1-10(12-5-3-4-6-13(12)16)19(2)15(20)11-7-8-14(17)18-9-11/h3-10H,1-2H3. The summed E-state index contributed by atoms with van der Waals surface area (Å²) in [5.74, 6) is -1.35. The minimum absolute atomic E-state index is 0.261. The predicted octanol–water partition coefficient (Wildman–Crippen LogP) is 3.19. The Kier molecular flexibility index (Phi) is 4.08. The molecule has 0 aliphatic carbocycles. The van der Waals surface area contributed by atoms with Crippen molar-refractivity contribution in [3.8, 4) is 0 Å². The monoisotopic (exact) mass is 276 g/mol. The van der Waals surface area contributed by atoms with Crippen LogP contribution in [0.1, 0.15) is 28.9 Å². The van der Waals surface area contributed by atoms with Gasteiger partial charge in [0.05, 0.1) is 11.6 Å². The highest BCUT2D eigenvalue weighted by atomic mass is 19.1. The minimum atomic E-state index is -0.647. The van der Waals surface area contributed by atoms with Gasteiger partial charge in [-0.1, -0.05) is 18.2 Å². The first-order chi connectivity index (χ1) is 9.50. The van der Waals surface area contributed by atoms with Crippen molar-refractivity contribution in [3.05, 3.63) is 65.5 Å². The Labute approximate surface area is 115 Å². The van der Waals surface area contributed by atoms with Crippen LogP contribution in [0.15, 0.2) is 42.6 Å². The summed E-state index contributed by atoms with van der Waals surface area (Å²) in [5.41, 5.74) is 0.690. The van der Waals surface area contributed by atoms with Crippen molar-refractivity contribution in [3.63, 3.8) is 0 Å². The second-order valence-corrected chi connectivity index (χ2v) is 4.48. The van der Waals surface area contributed by atoms with Gasteiger partial charge in [-0.3, -0.25) is 4.79 Å². The first kappa shape index (κ1) is 14.1. The molecule has 1 heterocycles. The maximum absolute atomic E-state index is 13.7. The first-order valence-electron chi connectivity index (χ1n) is 6.14. The number of carbonyl (C=O) groups excluding carboxylic acids is 1. The van der Waals surface area contributed by atoms with Crippen LogP contribution in [0.4, 0.5) is 8.78 Å². The van der Waals surface area contributed by atoms with Crippen LogP contribution >= 0.6 is 0 Å². The second kappa shape index (κ2) is 5.77. The highest BCUT2D eigenvalue weighted by Crippen LogP contribution is 2.22. The van der Waals surface area contributed by atoms with Gasteiger partial charge in [-0.05, 0) is 25.1 Å². The van der Waals surface area contributed by atoms with Crippen molar-refractivity contribution in [2.75, 3.05) is 7.05 Å². The number of aromatic nitrogens is 1. The third kappa shape index (κ3) is 2.82. The lowest BCUT2D eigenvalue weighted by atomic mass is 10.1. The molecule has 0 spiro atoms. The van der Waals surface area contributed by atoms with Gasteiger partial charge < -0.3 is 4.90 Å². The number of amides is 1. The van der Waals surface area contributed by atoms with E-state index >= 15 is 0 Å². The van der Waals surface area contributed by atoms with Crippen LogP contribution in [0.3, 0.4) is 0 Å². The number of nitrogens with zero attached hydrogens (tertiary/aromatic N) is 2. The third-order valence-electron chi connectivity index (χ3n) is 3.23. The first-order valence-corrected chi connectivity index (χ1v) is 6.14. The third-order valence-corrected chi connectivity index (χ3v) is 3.23. The molecular weight excluding hydrogens is 262 g/mol. The number of halogens is 2. The van der Waals surface area contributed by atoms with Crippen molar-refractivity contribution < 1.29 is 13.6 Å². The van der Waals surface area contributed by atoms with Crippen LogP contribution in [-0.2, 0) is 0 Å². The summed E-state index contributed by atoms with van der Waals surface area (Å²) in [7, 11) is 1.57. The Hall–Kier alpha value is -2.30. The van der Waals surface area contributed by atoms with Crippen molar-refractivity contribution in [2.45, 2.75) is 13.0 Å². The molecule has 2 rings (SSSR count). The van der Waals surface area contributed by atoms with Gasteiger partial charge in [0.2, 0.25) is 5.95 Å². The van der Waals surface area contributed by atoms with E-state index in [-0.39, 0.29) is 17.3 Å². The molecule has 1 aromatic heterocycles. The highest BCUT2D eigenvalue weighted by Gasteiger charge is 2.21. The summed E-state index contributed by atoms with van der Waals surface area (Å²) in [4.78, 5) is 17.1. The van der Waals surface area contributed by atoms with Crippen molar-refractivity contribution in [1.29, 1.82) is 0 Å². The molecule has 0 fully saturated rings. The van der Waals surface area contributed by atoms with Crippen LogP contribution < -0.4 is 0 Å². The lowest BCUT2D eigenvalue weighted by Gasteiger charge is -2.25. The number of carbonyl (C=O) groups is 1. The molecule has 0 aliphatic rings. The zero-order chi connectivity index (χ0) is 14.7. The van der Waals surface area contributed by atoms with Gasteiger partial charge in [0.25, 0.3) is 5.91 Å². The van der Waals surface area contributed by atoms with Crippen molar-refractivity contribution in [2.24, 2.45) is 0 Å². The van der Waals surface area contributed by atoms with E-state index in [2.05, 4.69) is 4.98 Å². The zero-order valence-corrected chi connectivity index (χ0v) is 11.2. The molecule has 1 amide bonds. The zero-order valence-electron chi connectivity index (χ0n) is 11.2. The molecule has 3 nitrogen and oxygen atoms in total. The second-order valence-electron chi connectivity index (χ2n) is 4.48. The largest absolute Gasteiger partial charge is 0.335 e. The van der Waals surface area contributed by atoms with Crippen LogP contribution in [0.2, 0.25) is 0 Å². The molecule has 5 heteroatoms. The molecule has 20 heavy (non-hydrogen) atoms. The van der Waals surface area contributed by atoms with Crippen LogP contribution in [0, 0.1) is 11.8 Å². The maximum atomic E-state index is 13.7. The van der Waals surface area contributed by atoms with E-state index in [1.807, 2.05) is 0 Å². The fourth-order valence-corrected chi connectivity index (χ4v) is 1.90. The summed E-state index contributed by atoms with van der Waals surface area (Å²) in [6, 6.07) is 8.33. The van der Waals surface area contributed by atoms with Gasteiger partial charge in [0.1, 0.15) is 5.82 Å². The summed E-state index contributed by atoms with van der Waals surface area (Å²) in [6.07, 6.45) is 1.17. The molecule has 0 saturated carbocycles. The maximum Gasteiger partial charge on any atom is 0.255 e. The Morgan fingerprint density at radius 2 is 1.90 bits per heavy atom. The fraction of sp³-hybridized carbons (Fsp3) is 0.200. The molecule has 0 saturated heterocycles. The van der Waals surface area contributed by atoms with E-state index in [4.69, 9.17) is 0 Å². The van der Waals surface area contributed by atoms with Crippen LogP contribution in [0.5, 0.6) is 0 Å². The van der Waals surface area contributed by atoms with E-state index in [1.165, 1.54) is 23.2 Å². The van der Waals surface area contributed by atoms with Gasteiger partial charge in [-0.15, -0.1) is 0 Å². The summed E-state index contributed by atoms with van der Waals surface area (Å²) < 4.78 is 26.5. The van der Waals surface area contributed by atoms with Crippen molar-refractivity contribution in [1.82, 2.24) is 9.88 Å². The smallest absolute Gasteiger partial charge is 0.255 e. The van der Waals surface area contributed by atoms with E-state index in [0.717, 1.165) is 6.07 Å². The van der Waals surface area contributed by atoms with Crippen LogP contribution in [0.25, 0.3) is 0 Å². The van der Waals surface area contributed by atoms with Gasteiger partial charge in [-0.25, -0.2) is 9.37 Å². The average molecular weight is 276 g/mol. The Bertz CT molecular complexity index is 614. The summed E-state index contributed by atoms with van der Waals surface area (Å²) in [5, 5.41) is 0. The average Bonchev–Trinajstić information content (AvgIpc) is 2.46. The Morgan fingerprint density at radius 1 is 1.20 bits per heavy atom. The molecule has 1 unspecified atom stereocenters. The molecule has 1 aromatic carbocycles. The number of pyridine rings is 1. The van der Waals surface area contributed by atoms with Gasteiger partial charge in [-0.2, -0.15) is 4.39 Å². The molecular formula is C15H14F2N2O. The fourth-order valence-electron chi connectivity index (χ4n) is 1.90. The van der Waals surface area contributed by atoms with E-state index in [1.54, 1.807) is 32.2 Å². The van der Waals surface area contributed by atoms with Gasteiger partial charge in [0.15, 0.2) is 0 Å². The van der Waals surface area contributed by atoms with Gasteiger partial charge in [0, 0.05) is 18.8 Å². The molecule has 104 valence electrons. The van der Waals surface area contributed by atoms with E-state index in [9.17, 15) is 13.6 Å². The Balaban J connectivity index is 2.22. The van der Waals surface area contributed by atoms with E-state index in [0.29, 0.717) is 5.56 Å². The normalized spacial score (nSPS) is 12.0. The molecule has 1 atom stereocenters. The minimum Gasteiger partial charge on any atom is -0.335 e. The topological polar surface area (TPSA) is 33.2 Å². The van der Waals surface area contributed by atoms with Crippen LogP contribution in [-0.4, -0.2) is 22.8 Å². The van der Waals surface area contributed by atoms with E-state index < -0.39 is 12.0 Å². The Morgan fingerprint density at radius 3 is 2.50 bits per heavy atom. The molecule has 2 aromatic rings. The highest BCUT2D eigenvalue weighted by molar-refractivity contribution is 5.93. The van der Waals surface area contributed by atoms with Crippen molar-refractivity contribution >= 4 is 5.91 Å². The summed E-state index contributed by atoms with van der Waals surface area (Å²) >= 11 is 0. The number of hydrogen-bond acceptors (Lipinski definition) is 2. The number of benzene rings is 1. The summed E-state index contributed by atoms with van der Waals surface area (Å²) in [6.45, 7) is 1.73. The predicted molar refractivity (Wildman–Crippen MR) is 71.1 cm³/mol. The number of hydrogen-bond donors (Lipinski definition) is 0.